The fourth-order valence-corrected chi connectivity index (χ4v) is 2.38. The van der Waals surface area contributed by atoms with Crippen molar-refractivity contribution in [3.63, 3.8) is 0 Å². The summed E-state index contributed by atoms with van der Waals surface area (Å²) in [7, 11) is 0. The quantitative estimate of drug-likeness (QED) is 0.368. The number of nitro groups is 1. The van der Waals surface area contributed by atoms with Crippen molar-refractivity contribution in [2.45, 2.75) is 6.92 Å². The van der Waals surface area contributed by atoms with E-state index in [4.69, 9.17) is 14.0 Å². The van der Waals surface area contributed by atoms with Gasteiger partial charge in [-0.25, -0.2) is 4.79 Å². The SMILES string of the molecule is CCOC(=O)c1cc(-c2c(O)cc(O)cc2Oc2ccc([N+](=O)[O-])cc2)no1. The highest BCUT2D eigenvalue weighted by Crippen LogP contribution is 2.42. The third-order valence-corrected chi connectivity index (χ3v) is 3.58. The Kier molecular flexibility index (Phi) is 5.12. The highest BCUT2D eigenvalue weighted by molar-refractivity contribution is 5.88. The molecular weight excluding hydrogens is 372 g/mol. The number of aromatic hydroxyl groups is 2. The standard InChI is InChI=1S/C18H14N2O8/c1-2-26-18(23)16-9-13(19-28-16)17-14(22)7-11(21)8-15(17)27-12-5-3-10(4-6-12)20(24)25/h3-9,21-22H,2H2,1H3. The van der Waals surface area contributed by atoms with E-state index in [-0.39, 0.29) is 52.3 Å². The average molecular weight is 386 g/mol. The first kappa shape index (κ1) is 18.7. The Labute approximate surface area is 157 Å². The van der Waals surface area contributed by atoms with Crippen molar-refractivity contribution in [1.82, 2.24) is 5.16 Å². The Morgan fingerprint density at radius 2 is 1.93 bits per heavy atom. The third-order valence-electron chi connectivity index (χ3n) is 3.58. The molecule has 10 heteroatoms. The van der Waals surface area contributed by atoms with E-state index in [1.807, 2.05) is 0 Å². The first-order chi connectivity index (χ1) is 13.4. The van der Waals surface area contributed by atoms with Gasteiger partial charge >= 0.3 is 5.97 Å². The molecule has 0 bridgehead atoms. The van der Waals surface area contributed by atoms with E-state index in [2.05, 4.69) is 5.16 Å². The van der Waals surface area contributed by atoms with Crippen LogP contribution < -0.4 is 4.74 Å². The number of nitrogens with zero attached hydrogens (tertiary/aromatic N) is 2. The molecular formula is C18H14N2O8. The average Bonchev–Trinajstić information content (AvgIpc) is 3.11. The van der Waals surface area contributed by atoms with Crippen LogP contribution in [-0.2, 0) is 4.74 Å². The van der Waals surface area contributed by atoms with Crippen LogP contribution in [0, 0.1) is 10.1 Å². The van der Waals surface area contributed by atoms with Gasteiger partial charge in [0.15, 0.2) is 0 Å². The van der Waals surface area contributed by atoms with E-state index in [9.17, 15) is 25.1 Å². The van der Waals surface area contributed by atoms with Crippen LogP contribution in [0.25, 0.3) is 11.3 Å². The van der Waals surface area contributed by atoms with Gasteiger partial charge in [0.2, 0.25) is 5.76 Å². The molecule has 0 aliphatic heterocycles. The van der Waals surface area contributed by atoms with Crippen molar-refractivity contribution in [1.29, 1.82) is 0 Å². The maximum absolute atomic E-state index is 11.7. The second-order valence-electron chi connectivity index (χ2n) is 5.49. The summed E-state index contributed by atoms with van der Waals surface area (Å²) < 4.78 is 15.4. The zero-order valence-electron chi connectivity index (χ0n) is 14.5. The number of carbonyl (C=O) groups is 1. The fourth-order valence-electron chi connectivity index (χ4n) is 2.38. The largest absolute Gasteiger partial charge is 0.508 e. The molecule has 1 aromatic heterocycles. The molecule has 2 aromatic carbocycles. The molecule has 0 atom stereocenters. The Balaban J connectivity index is 1.98. The molecule has 28 heavy (non-hydrogen) atoms. The van der Waals surface area contributed by atoms with Crippen LogP contribution in [0.1, 0.15) is 17.5 Å². The fraction of sp³-hybridized carbons (Fsp3) is 0.111. The molecule has 10 nitrogen and oxygen atoms in total. The number of phenolic OH excluding ortho intramolecular Hbond substituents is 2. The molecule has 144 valence electrons. The molecule has 0 radical (unpaired) electrons. The predicted molar refractivity (Wildman–Crippen MR) is 94.4 cm³/mol. The van der Waals surface area contributed by atoms with Crippen molar-refractivity contribution in [2.75, 3.05) is 6.61 Å². The second-order valence-corrected chi connectivity index (χ2v) is 5.49. The molecule has 0 saturated carbocycles. The summed E-state index contributed by atoms with van der Waals surface area (Å²) in [4.78, 5) is 21.9. The molecule has 0 spiro atoms. The summed E-state index contributed by atoms with van der Waals surface area (Å²) in [5.74, 6) is -1.35. The van der Waals surface area contributed by atoms with Crippen LogP contribution in [0.2, 0.25) is 0 Å². The minimum atomic E-state index is -0.725. The van der Waals surface area contributed by atoms with Crippen LogP contribution >= 0.6 is 0 Å². The van der Waals surface area contributed by atoms with Gasteiger partial charge in [0.25, 0.3) is 5.69 Å². The van der Waals surface area contributed by atoms with Gasteiger partial charge in [-0.2, -0.15) is 0 Å². The van der Waals surface area contributed by atoms with Crippen LogP contribution in [0.15, 0.2) is 47.0 Å². The lowest BCUT2D eigenvalue weighted by Gasteiger charge is -2.11. The monoisotopic (exact) mass is 386 g/mol. The Morgan fingerprint density at radius 3 is 2.57 bits per heavy atom. The third kappa shape index (κ3) is 3.85. The molecule has 1 heterocycles. The normalized spacial score (nSPS) is 10.5. The molecule has 0 aliphatic rings. The maximum Gasteiger partial charge on any atom is 0.377 e. The number of nitro benzene ring substituents is 1. The van der Waals surface area contributed by atoms with Crippen LogP contribution in [0.3, 0.4) is 0 Å². The van der Waals surface area contributed by atoms with Crippen molar-refractivity contribution in [3.8, 4) is 34.3 Å². The second kappa shape index (κ2) is 7.66. The zero-order chi connectivity index (χ0) is 20.3. The van der Waals surface area contributed by atoms with Crippen molar-refractivity contribution >= 4 is 11.7 Å². The van der Waals surface area contributed by atoms with Gasteiger partial charge in [-0.05, 0) is 19.1 Å². The first-order valence-electron chi connectivity index (χ1n) is 8.01. The number of phenols is 2. The molecule has 3 rings (SSSR count). The van der Waals surface area contributed by atoms with Gasteiger partial charge < -0.3 is 24.2 Å². The van der Waals surface area contributed by atoms with E-state index < -0.39 is 10.9 Å². The van der Waals surface area contributed by atoms with Crippen LogP contribution in [0.5, 0.6) is 23.0 Å². The van der Waals surface area contributed by atoms with Crippen molar-refractivity contribution in [3.05, 3.63) is 58.3 Å². The predicted octanol–water partition coefficient (Wildman–Crippen LogP) is 3.63. The Morgan fingerprint density at radius 1 is 1.21 bits per heavy atom. The number of ether oxygens (including phenoxy) is 2. The molecule has 0 fully saturated rings. The first-order valence-corrected chi connectivity index (χ1v) is 8.01. The van der Waals surface area contributed by atoms with Gasteiger partial charge in [-0.15, -0.1) is 0 Å². The van der Waals surface area contributed by atoms with E-state index in [1.54, 1.807) is 6.92 Å². The molecule has 3 aromatic rings. The Bertz CT molecular complexity index is 1030. The van der Waals surface area contributed by atoms with Gasteiger partial charge in [0, 0.05) is 30.3 Å². The lowest BCUT2D eigenvalue weighted by Crippen LogP contribution is -2.02. The van der Waals surface area contributed by atoms with Gasteiger partial charge in [0.05, 0.1) is 17.1 Å². The smallest absolute Gasteiger partial charge is 0.377 e. The minimum Gasteiger partial charge on any atom is -0.508 e. The minimum absolute atomic E-state index is 0.00457. The summed E-state index contributed by atoms with van der Waals surface area (Å²) >= 11 is 0. The highest BCUT2D eigenvalue weighted by Gasteiger charge is 2.22. The molecule has 0 aliphatic carbocycles. The van der Waals surface area contributed by atoms with Gasteiger partial charge in [0.1, 0.15) is 28.7 Å². The number of aromatic nitrogens is 1. The molecule has 0 saturated heterocycles. The van der Waals surface area contributed by atoms with E-state index in [1.165, 1.54) is 36.4 Å². The summed E-state index contributed by atoms with van der Waals surface area (Å²) in [5, 5.41) is 34.5. The number of esters is 1. The number of non-ortho nitro benzene ring substituents is 1. The summed E-state index contributed by atoms with van der Waals surface area (Å²) in [6.07, 6.45) is 0. The lowest BCUT2D eigenvalue weighted by molar-refractivity contribution is -0.384. The molecule has 0 amide bonds. The van der Waals surface area contributed by atoms with E-state index in [0.717, 1.165) is 6.07 Å². The number of rotatable bonds is 6. The maximum atomic E-state index is 11.7. The van der Waals surface area contributed by atoms with Crippen LogP contribution in [0.4, 0.5) is 5.69 Å². The number of carbonyl (C=O) groups excluding carboxylic acids is 1. The van der Waals surface area contributed by atoms with E-state index >= 15 is 0 Å². The lowest BCUT2D eigenvalue weighted by atomic mass is 10.1. The summed E-state index contributed by atoms with van der Waals surface area (Å²) in [5.41, 5.74) is -0.00479. The molecule has 2 N–H and O–H groups in total. The number of benzene rings is 2. The highest BCUT2D eigenvalue weighted by atomic mass is 16.6. The Hall–Kier alpha value is -4.08. The van der Waals surface area contributed by atoms with Gasteiger partial charge in [-0.1, -0.05) is 5.16 Å². The number of hydrogen-bond acceptors (Lipinski definition) is 9. The number of hydrogen-bond donors (Lipinski definition) is 2. The summed E-state index contributed by atoms with van der Waals surface area (Å²) in [6, 6.07) is 8.74. The van der Waals surface area contributed by atoms with E-state index in [0.29, 0.717) is 0 Å². The van der Waals surface area contributed by atoms with Gasteiger partial charge in [-0.3, -0.25) is 10.1 Å². The van der Waals surface area contributed by atoms with Crippen molar-refractivity contribution in [2.24, 2.45) is 0 Å². The molecule has 0 unspecified atom stereocenters. The topological polar surface area (TPSA) is 145 Å². The van der Waals surface area contributed by atoms with Crippen LogP contribution in [-0.4, -0.2) is 32.9 Å². The van der Waals surface area contributed by atoms with Crippen molar-refractivity contribution < 1.29 is 33.9 Å². The zero-order valence-corrected chi connectivity index (χ0v) is 14.5. The summed E-state index contributed by atoms with van der Waals surface area (Å²) in [6.45, 7) is 1.78.